The number of hydrogen-bond donors (Lipinski definition) is 1. The highest BCUT2D eigenvalue weighted by atomic mass is 32.2. The Labute approximate surface area is 187 Å². The highest BCUT2D eigenvalue weighted by Crippen LogP contribution is 2.36. The summed E-state index contributed by atoms with van der Waals surface area (Å²) in [5.41, 5.74) is 2.73. The molecule has 32 heavy (non-hydrogen) atoms. The van der Waals surface area contributed by atoms with E-state index in [1.165, 1.54) is 13.1 Å². The van der Waals surface area contributed by atoms with Gasteiger partial charge in [-0.25, -0.2) is 18.3 Å². The third kappa shape index (κ3) is 3.74. The molecule has 5 rings (SSSR count). The molecule has 1 aliphatic heterocycles. The molecule has 0 amide bonds. The van der Waals surface area contributed by atoms with Gasteiger partial charge in [-0.05, 0) is 32.4 Å². The fourth-order valence-electron chi connectivity index (χ4n) is 3.86. The van der Waals surface area contributed by atoms with Gasteiger partial charge in [0.2, 0.25) is 0 Å². The minimum atomic E-state index is -0.753. The van der Waals surface area contributed by atoms with Crippen molar-refractivity contribution in [3.05, 3.63) is 59.8 Å². The standard InChI is InChI=1S/C22H19F2N7S/c1-13-18(23)6-19(24)22(29-13)32-20-5-14(11-31-21(20)15(7-25)8-28-31)16-9-27-30(12-16)17-3-2-4-26-10-17/h5-6,8-9,11-12,17,26H,2-4,10H2,1H3/t17-/m0/s1. The van der Waals surface area contributed by atoms with Gasteiger partial charge in [0.05, 0.1) is 35.2 Å². The van der Waals surface area contributed by atoms with E-state index in [9.17, 15) is 14.0 Å². The monoisotopic (exact) mass is 451 g/mol. The molecule has 10 heteroatoms. The van der Waals surface area contributed by atoms with E-state index >= 15 is 0 Å². The SMILES string of the molecule is Cc1nc(Sc2cc(-c3cnn([C@H]4CCCNC4)c3)cn3ncc(C#N)c23)c(F)cc1F. The molecule has 1 atom stereocenters. The lowest BCUT2D eigenvalue weighted by atomic mass is 10.1. The number of aromatic nitrogens is 5. The predicted molar refractivity (Wildman–Crippen MR) is 115 cm³/mol. The van der Waals surface area contributed by atoms with Crippen LogP contribution < -0.4 is 5.32 Å². The molecular weight excluding hydrogens is 432 g/mol. The van der Waals surface area contributed by atoms with E-state index in [1.807, 2.05) is 23.1 Å². The maximum atomic E-state index is 14.4. The van der Waals surface area contributed by atoms with Crippen molar-refractivity contribution in [1.82, 2.24) is 29.7 Å². The molecule has 1 fully saturated rings. The normalized spacial score (nSPS) is 16.4. The van der Waals surface area contributed by atoms with E-state index in [-0.39, 0.29) is 10.7 Å². The van der Waals surface area contributed by atoms with Crippen molar-refractivity contribution in [2.45, 2.75) is 35.7 Å². The van der Waals surface area contributed by atoms with E-state index in [0.717, 1.165) is 54.9 Å². The summed E-state index contributed by atoms with van der Waals surface area (Å²) in [6.07, 6.45) is 9.24. The molecule has 0 radical (unpaired) electrons. The molecule has 0 unspecified atom stereocenters. The Kier molecular flexibility index (Phi) is 5.36. The Balaban J connectivity index is 1.58. The molecule has 1 aliphatic rings. The summed E-state index contributed by atoms with van der Waals surface area (Å²) < 4.78 is 31.7. The van der Waals surface area contributed by atoms with Crippen LogP contribution in [0.2, 0.25) is 0 Å². The molecule has 1 N–H and O–H groups in total. The zero-order valence-corrected chi connectivity index (χ0v) is 18.0. The first-order valence-corrected chi connectivity index (χ1v) is 11.0. The average Bonchev–Trinajstić information content (AvgIpc) is 3.45. The van der Waals surface area contributed by atoms with Crippen LogP contribution >= 0.6 is 11.8 Å². The number of nitrogens with one attached hydrogen (secondary N) is 1. The quantitative estimate of drug-likeness (QED) is 0.502. The number of aryl methyl sites for hydroxylation is 1. The maximum Gasteiger partial charge on any atom is 0.158 e. The first kappa shape index (κ1) is 20.6. The Hall–Kier alpha value is -3.29. The van der Waals surface area contributed by atoms with Gasteiger partial charge in [0.15, 0.2) is 5.82 Å². The van der Waals surface area contributed by atoms with Crippen molar-refractivity contribution in [1.29, 1.82) is 5.26 Å². The van der Waals surface area contributed by atoms with Crippen LogP contribution in [0.25, 0.3) is 16.6 Å². The number of hydrogen-bond acceptors (Lipinski definition) is 6. The van der Waals surface area contributed by atoms with E-state index in [0.29, 0.717) is 22.0 Å². The molecule has 162 valence electrons. The molecule has 4 aromatic heterocycles. The molecular formula is C22H19F2N7S. The minimum absolute atomic E-state index is 0.0389. The fourth-order valence-corrected chi connectivity index (χ4v) is 4.89. The zero-order chi connectivity index (χ0) is 22.2. The van der Waals surface area contributed by atoms with Gasteiger partial charge < -0.3 is 5.32 Å². The second-order valence-electron chi connectivity index (χ2n) is 7.71. The number of nitriles is 1. The number of nitrogens with zero attached hydrogens (tertiary/aromatic N) is 6. The Morgan fingerprint density at radius 2 is 2.03 bits per heavy atom. The summed E-state index contributed by atoms with van der Waals surface area (Å²) in [6.45, 7) is 3.38. The number of pyridine rings is 2. The van der Waals surface area contributed by atoms with Crippen molar-refractivity contribution in [2.24, 2.45) is 0 Å². The molecule has 1 saturated heterocycles. The number of fused-ring (bicyclic) bond motifs is 1. The Bertz CT molecular complexity index is 1350. The third-order valence-electron chi connectivity index (χ3n) is 5.56. The summed E-state index contributed by atoms with van der Waals surface area (Å²) in [4.78, 5) is 4.66. The van der Waals surface area contributed by atoms with Crippen LogP contribution in [-0.4, -0.2) is 37.5 Å². The lowest BCUT2D eigenvalue weighted by Crippen LogP contribution is -2.31. The Morgan fingerprint density at radius 3 is 2.81 bits per heavy atom. The second kappa shape index (κ2) is 8.33. The van der Waals surface area contributed by atoms with E-state index < -0.39 is 11.6 Å². The maximum absolute atomic E-state index is 14.4. The number of rotatable bonds is 4. The van der Waals surface area contributed by atoms with Crippen molar-refractivity contribution in [2.75, 3.05) is 13.1 Å². The average molecular weight is 452 g/mol. The number of piperidine rings is 1. The topological polar surface area (TPSA) is 83.8 Å². The van der Waals surface area contributed by atoms with Crippen LogP contribution in [-0.2, 0) is 0 Å². The van der Waals surface area contributed by atoms with Crippen LogP contribution in [0, 0.1) is 29.9 Å². The van der Waals surface area contributed by atoms with Gasteiger partial charge in [-0.1, -0.05) is 11.8 Å². The largest absolute Gasteiger partial charge is 0.315 e. The van der Waals surface area contributed by atoms with Gasteiger partial charge in [-0.3, -0.25) is 4.68 Å². The van der Waals surface area contributed by atoms with E-state index in [4.69, 9.17) is 0 Å². The highest BCUT2D eigenvalue weighted by Gasteiger charge is 2.19. The van der Waals surface area contributed by atoms with Gasteiger partial charge in [0.1, 0.15) is 16.9 Å². The van der Waals surface area contributed by atoms with Crippen molar-refractivity contribution in [3.63, 3.8) is 0 Å². The molecule has 0 aliphatic carbocycles. The van der Waals surface area contributed by atoms with Crippen molar-refractivity contribution >= 4 is 17.3 Å². The van der Waals surface area contributed by atoms with Crippen LogP contribution in [0.3, 0.4) is 0 Å². The van der Waals surface area contributed by atoms with Crippen LogP contribution in [0.4, 0.5) is 8.78 Å². The molecule has 0 aromatic carbocycles. The first-order chi connectivity index (χ1) is 15.5. The molecule has 4 aromatic rings. The van der Waals surface area contributed by atoms with Crippen LogP contribution in [0.15, 0.2) is 46.8 Å². The molecule has 0 spiro atoms. The molecule has 0 bridgehead atoms. The van der Waals surface area contributed by atoms with E-state index in [2.05, 4.69) is 26.6 Å². The summed E-state index contributed by atoms with van der Waals surface area (Å²) in [6, 6.07) is 5.11. The summed E-state index contributed by atoms with van der Waals surface area (Å²) >= 11 is 1.04. The number of halogens is 2. The van der Waals surface area contributed by atoms with Gasteiger partial charge in [0, 0.05) is 41.0 Å². The molecule has 5 heterocycles. The first-order valence-electron chi connectivity index (χ1n) is 10.2. The van der Waals surface area contributed by atoms with Crippen LogP contribution in [0.5, 0.6) is 0 Å². The summed E-state index contributed by atoms with van der Waals surface area (Å²) in [5.74, 6) is -1.45. The molecule has 7 nitrogen and oxygen atoms in total. The Morgan fingerprint density at radius 1 is 1.16 bits per heavy atom. The third-order valence-corrected chi connectivity index (χ3v) is 6.57. The second-order valence-corrected chi connectivity index (χ2v) is 8.74. The van der Waals surface area contributed by atoms with Crippen molar-refractivity contribution < 1.29 is 8.78 Å². The van der Waals surface area contributed by atoms with Crippen molar-refractivity contribution in [3.8, 4) is 17.2 Å². The predicted octanol–water partition coefficient (Wildman–Crippen LogP) is 4.13. The van der Waals surface area contributed by atoms with Crippen LogP contribution in [0.1, 0.15) is 30.1 Å². The summed E-state index contributed by atoms with van der Waals surface area (Å²) in [5, 5.41) is 21.8. The lowest BCUT2D eigenvalue weighted by molar-refractivity contribution is 0.347. The van der Waals surface area contributed by atoms with Gasteiger partial charge in [0.25, 0.3) is 0 Å². The van der Waals surface area contributed by atoms with Gasteiger partial charge in [-0.15, -0.1) is 0 Å². The van der Waals surface area contributed by atoms with Gasteiger partial charge >= 0.3 is 0 Å². The molecule has 0 saturated carbocycles. The van der Waals surface area contributed by atoms with Gasteiger partial charge in [-0.2, -0.15) is 15.5 Å². The highest BCUT2D eigenvalue weighted by molar-refractivity contribution is 7.99. The lowest BCUT2D eigenvalue weighted by Gasteiger charge is -2.22. The smallest absolute Gasteiger partial charge is 0.158 e. The zero-order valence-electron chi connectivity index (χ0n) is 17.2. The minimum Gasteiger partial charge on any atom is -0.315 e. The van der Waals surface area contributed by atoms with E-state index in [1.54, 1.807) is 10.7 Å². The summed E-state index contributed by atoms with van der Waals surface area (Å²) in [7, 11) is 0. The fraction of sp³-hybridized carbons (Fsp3) is 0.273.